The zero-order valence-corrected chi connectivity index (χ0v) is 11.6. The van der Waals surface area contributed by atoms with E-state index in [-0.39, 0.29) is 5.82 Å². The van der Waals surface area contributed by atoms with E-state index in [9.17, 15) is 4.39 Å². The minimum Gasteiger partial charge on any atom is -0.345 e. The van der Waals surface area contributed by atoms with E-state index in [1.54, 1.807) is 16.8 Å². The Hall–Kier alpha value is -2.76. The van der Waals surface area contributed by atoms with Crippen molar-refractivity contribution in [1.29, 1.82) is 0 Å². The molecule has 4 aromatic rings. The van der Waals surface area contributed by atoms with E-state index in [1.807, 2.05) is 18.6 Å². The lowest BCUT2D eigenvalue weighted by Gasteiger charge is -2.03. The van der Waals surface area contributed by atoms with E-state index in [4.69, 9.17) is 0 Å². The molecule has 4 aromatic heterocycles. The van der Waals surface area contributed by atoms with Gasteiger partial charge >= 0.3 is 0 Å². The van der Waals surface area contributed by atoms with Gasteiger partial charge in [-0.15, -0.1) is 0 Å². The zero-order valence-electron chi connectivity index (χ0n) is 11.6. The fraction of sp³-hybridized carbons (Fsp3) is 0.188. The van der Waals surface area contributed by atoms with Gasteiger partial charge in [-0.25, -0.2) is 19.3 Å². The van der Waals surface area contributed by atoms with Crippen molar-refractivity contribution in [2.24, 2.45) is 0 Å². The first-order valence-corrected chi connectivity index (χ1v) is 7.26. The lowest BCUT2D eigenvalue weighted by molar-refractivity contribution is 0.630. The summed E-state index contributed by atoms with van der Waals surface area (Å²) in [6.45, 7) is 0. The van der Waals surface area contributed by atoms with Crippen LogP contribution in [0.3, 0.4) is 0 Å². The summed E-state index contributed by atoms with van der Waals surface area (Å²) in [6, 6.07) is 1.50. The highest BCUT2D eigenvalue weighted by atomic mass is 19.1. The molecule has 1 N–H and O–H groups in total. The van der Waals surface area contributed by atoms with Crippen molar-refractivity contribution in [3.63, 3.8) is 0 Å². The van der Waals surface area contributed by atoms with Crippen molar-refractivity contribution in [3.8, 4) is 11.1 Å². The molecule has 0 unspecified atom stereocenters. The number of hydrogen-bond acceptors (Lipinski definition) is 3. The molecule has 0 aromatic carbocycles. The lowest BCUT2D eigenvalue weighted by Crippen LogP contribution is -1.92. The molecular weight excluding hydrogens is 281 g/mol. The Morgan fingerprint density at radius 1 is 1.27 bits per heavy atom. The molecule has 6 heteroatoms. The predicted molar refractivity (Wildman–Crippen MR) is 80.0 cm³/mol. The first-order valence-electron chi connectivity index (χ1n) is 7.26. The number of aromatic nitrogens is 5. The van der Waals surface area contributed by atoms with E-state index >= 15 is 0 Å². The molecule has 1 aliphatic rings. The molecule has 0 spiro atoms. The molecule has 0 atom stereocenters. The van der Waals surface area contributed by atoms with Crippen LogP contribution in [0.1, 0.15) is 24.6 Å². The molecule has 5 rings (SSSR count). The molecule has 0 bridgehead atoms. The molecule has 0 saturated heterocycles. The quantitative estimate of drug-likeness (QED) is 0.617. The molecule has 0 amide bonds. The van der Waals surface area contributed by atoms with Gasteiger partial charge in [0.2, 0.25) is 0 Å². The van der Waals surface area contributed by atoms with Crippen LogP contribution in [-0.2, 0) is 0 Å². The second kappa shape index (κ2) is 4.13. The van der Waals surface area contributed by atoms with Gasteiger partial charge in [-0.05, 0) is 18.9 Å². The number of nitrogens with one attached hydrogen (secondary N) is 1. The SMILES string of the molecule is Fc1cc(-c2c[nH]c3nc(C4CC4)ncc23)cn2ccnc12. The zero-order chi connectivity index (χ0) is 14.7. The van der Waals surface area contributed by atoms with Gasteiger partial charge in [-0.1, -0.05) is 0 Å². The molecule has 22 heavy (non-hydrogen) atoms. The minimum absolute atomic E-state index is 0.330. The third-order valence-corrected chi connectivity index (χ3v) is 4.15. The first-order chi connectivity index (χ1) is 10.8. The van der Waals surface area contributed by atoms with Crippen LogP contribution in [0, 0.1) is 5.82 Å². The number of rotatable bonds is 2. The summed E-state index contributed by atoms with van der Waals surface area (Å²) in [5.74, 6) is 1.07. The van der Waals surface area contributed by atoms with Crippen molar-refractivity contribution in [2.45, 2.75) is 18.8 Å². The van der Waals surface area contributed by atoms with Gasteiger partial charge in [0.25, 0.3) is 0 Å². The number of hydrogen-bond donors (Lipinski definition) is 1. The molecular formula is C16H12FN5. The van der Waals surface area contributed by atoms with Crippen LogP contribution >= 0.6 is 0 Å². The number of H-pyrrole nitrogens is 1. The van der Waals surface area contributed by atoms with Gasteiger partial charge < -0.3 is 9.38 Å². The highest BCUT2D eigenvalue weighted by molar-refractivity contribution is 5.93. The normalized spacial score (nSPS) is 15.0. The average Bonchev–Trinajstić information content (AvgIpc) is 3.11. The minimum atomic E-state index is -0.340. The molecule has 0 aliphatic heterocycles. The van der Waals surface area contributed by atoms with Crippen LogP contribution in [0.15, 0.2) is 37.1 Å². The Labute approximate surface area is 124 Å². The lowest BCUT2D eigenvalue weighted by atomic mass is 10.1. The molecule has 4 heterocycles. The van der Waals surface area contributed by atoms with Crippen LogP contribution in [0.4, 0.5) is 4.39 Å². The molecule has 108 valence electrons. The smallest absolute Gasteiger partial charge is 0.173 e. The van der Waals surface area contributed by atoms with Gasteiger partial charge in [0, 0.05) is 53.4 Å². The monoisotopic (exact) mass is 293 g/mol. The number of halogens is 1. The molecule has 1 saturated carbocycles. The fourth-order valence-electron chi connectivity index (χ4n) is 2.84. The maximum absolute atomic E-state index is 14.1. The van der Waals surface area contributed by atoms with Crippen LogP contribution in [0.25, 0.3) is 27.8 Å². The standard InChI is InChI=1S/C16H12FN5/c17-13-5-10(8-22-4-3-18-16(13)22)11-6-20-15-12(11)7-19-14(21-15)9-1-2-9/h3-9H,1-2H2,(H,19,20,21). The summed E-state index contributed by atoms with van der Waals surface area (Å²) in [6.07, 6.45) is 11.2. The van der Waals surface area contributed by atoms with Gasteiger partial charge in [0.15, 0.2) is 11.5 Å². The Balaban J connectivity index is 1.71. The van der Waals surface area contributed by atoms with Gasteiger partial charge in [0.05, 0.1) is 0 Å². The fourth-order valence-corrected chi connectivity index (χ4v) is 2.84. The van der Waals surface area contributed by atoms with Crippen LogP contribution < -0.4 is 0 Å². The highest BCUT2D eigenvalue weighted by Gasteiger charge is 2.27. The maximum Gasteiger partial charge on any atom is 0.173 e. The molecule has 5 nitrogen and oxygen atoms in total. The van der Waals surface area contributed by atoms with E-state index in [0.717, 1.165) is 28.0 Å². The number of imidazole rings is 1. The van der Waals surface area contributed by atoms with E-state index in [0.29, 0.717) is 11.6 Å². The number of pyridine rings is 1. The van der Waals surface area contributed by atoms with Crippen LogP contribution in [-0.4, -0.2) is 24.3 Å². The van der Waals surface area contributed by atoms with E-state index in [1.165, 1.54) is 18.9 Å². The summed E-state index contributed by atoms with van der Waals surface area (Å²) >= 11 is 0. The summed E-state index contributed by atoms with van der Waals surface area (Å²) in [7, 11) is 0. The molecule has 1 aliphatic carbocycles. The number of aromatic amines is 1. The Bertz CT molecular complexity index is 1010. The van der Waals surface area contributed by atoms with Crippen molar-refractivity contribution < 1.29 is 4.39 Å². The first kappa shape index (κ1) is 11.9. The predicted octanol–water partition coefficient (Wildman–Crippen LogP) is 3.29. The Kier molecular flexibility index (Phi) is 2.22. The summed E-state index contributed by atoms with van der Waals surface area (Å²) in [5.41, 5.74) is 2.80. The van der Waals surface area contributed by atoms with Crippen LogP contribution in [0.2, 0.25) is 0 Å². The summed E-state index contributed by atoms with van der Waals surface area (Å²) in [5, 5.41) is 0.906. The van der Waals surface area contributed by atoms with Gasteiger partial charge in [-0.3, -0.25) is 0 Å². The Morgan fingerprint density at radius 3 is 3.05 bits per heavy atom. The van der Waals surface area contributed by atoms with E-state index < -0.39 is 0 Å². The van der Waals surface area contributed by atoms with Gasteiger partial charge in [-0.2, -0.15) is 0 Å². The van der Waals surface area contributed by atoms with Crippen molar-refractivity contribution in [2.75, 3.05) is 0 Å². The van der Waals surface area contributed by atoms with Crippen molar-refractivity contribution in [3.05, 3.63) is 48.7 Å². The third kappa shape index (κ3) is 1.67. The Morgan fingerprint density at radius 2 is 2.18 bits per heavy atom. The molecule has 0 radical (unpaired) electrons. The molecule has 1 fully saturated rings. The summed E-state index contributed by atoms with van der Waals surface area (Å²) in [4.78, 5) is 16.2. The third-order valence-electron chi connectivity index (χ3n) is 4.15. The number of fused-ring (bicyclic) bond motifs is 2. The summed E-state index contributed by atoms with van der Waals surface area (Å²) < 4.78 is 15.8. The average molecular weight is 293 g/mol. The number of nitrogens with zero attached hydrogens (tertiary/aromatic N) is 4. The second-order valence-electron chi connectivity index (χ2n) is 5.70. The second-order valence-corrected chi connectivity index (χ2v) is 5.70. The largest absolute Gasteiger partial charge is 0.345 e. The topological polar surface area (TPSA) is 58.9 Å². The van der Waals surface area contributed by atoms with Crippen molar-refractivity contribution >= 4 is 16.7 Å². The van der Waals surface area contributed by atoms with E-state index in [2.05, 4.69) is 19.9 Å². The maximum atomic E-state index is 14.1. The van der Waals surface area contributed by atoms with Gasteiger partial charge in [0.1, 0.15) is 11.5 Å². The highest BCUT2D eigenvalue weighted by Crippen LogP contribution is 2.38. The van der Waals surface area contributed by atoms with Crippen molar-refractivity contribution in [1.82, 2.24) is 24.3 Å². The van der Waals surface area contributed by atoms with Crippen LogP contribution in [0.5, 0.6) is 0 Å².